The number of nitrogens with one attached hydrogen (secondary N) is 1. The molecule has 6 nitrogen and oxygen atoms in total. The van der Waals surface area contributed by atoms with Gasteiger partial charge < -0.3 is 15.3 Å². The minimum atomic E-state index is -1.06. The highest BCUT2D eigenvalue weighted by atomic mass is 16.4. The van der Waals surface area contributed by atoms with Gasteiger partial charge in [0.15, 0.2) is 0 Å². The van der Waals surface area contributed by atoms with Crippen LogP contribution < -0.4 is 5.32 Å². The molecule has 2 rings (SSSR count). The first-order valence-electron chi connectivity index (χ1n) is 8.76. The first-order chi connectivity index (χ1) is 12.8. The molecule has 0 atom stereocenters. The quantitative estimate of drug-likeness (QED) is 0.784. The highest BCUT2D eigenvalue weighted by Crippen LogP contribution is 2.20. The third kappa shape index (κ3) is 5.67. The second kappa shape index (κ2) is 8.98. The van der Waals surface area contributed by atoms with Gasteiger partial charge in [-0.15, -0.1) is 0 Å². The molecule has 0 aliphatic heterocycles. The van der Waals surface area contributed by atoms with Crippen LogP contribution in [0.4, 0.5) is 5.69 Å². The number of aryl methyl sites for hydroxylation is 1. The standard InChI is InChI=1S/C21H24N2O4/c1-14(2)12-23(13-19(24)25)21(27)17-10-9-15(3)18(11-17)22-20(26)16-7-5-4-6-8-16/h4-11,14H,12-13H2,1-3H3,(H,22,26)(H,24,25). The maximum Gasteiger partial charge on any atom is 0.323 e. The van der Waals surface area contributed by atoms with Crippen LogP contribution in [0.1, 0.15) is 40.1 Å². The largest absolute Gasteiger partial charge is 0.480 e. The number of hydrogen-bond donors (Lipinski definition) is 2. The molecule has 0 unspecified atom stereocenters. The van der Waals surface area contributed by atoms with Crippen molar-refractivity contribution in [2.75, 3.05) is 18.4 Å². The van der Waals surface area contributed by atoms with Gasteiger partial charge in [0.25, 0.3) is 11.8 Å². The van der Waals surface area contributed by atoms with Crippen molar-refractivity contribution >= 4 is 23.5 Å². The zero-order valence-corrected chi connectivity index (χ0v) is 15.7. The Kier molecular flexibility index (Phi) is 6.71. The molecule has 0 aliphatic carbocycles. The molecule has 0 saturated heterocycles. The number of carbonyl (C=O) groups is 3. The van der Waals surface area contributed by atoms with Gasteiger partial charge in [-0.05, 0) is 42.7 Å². The lowest BCUT2D eigenvalue weighted by atomic mass is 10.1. The normalized spacial score (nSPS) is 10.5. The van der Waals surface area contributed by atoms with Gasteiger partial charge in [-0.1, -0.05) is 38.1 Å². The summed E-state index contributed by atoms with van der Waals surface area (Å²) < 4.78 is 0. The zero-order chi connectivity index (χ0) is 20.0. The molecular formula is C21H24N2O4. The van der Waals surface area contributed by atoms with Gasteiger partial charge in [0.1, 0.15) is 6.54 Å². The van der Waals surface area contributed by atoms with Gasteiger partial charge >= 0.3 is 5.97 Å². The van der Waals surface area contributed by atoms with Crippen molar-refractivity contribution in [3.8, 4) is 0 Å². The molecule has 0 radical (unpaired) electrons. The highest BCUT2D eigenvalue weighted by molar-refractivity contribution is 6.05. The molecule has 0 fully saturated rings. The van der Waals surface area contributed by atoms with Crippen molar-refractivity contribution < 1.29 is 19.5 Å². The Bertz CT molecular complexity index is 831. The van der Waals surface area contributed by atoms with Crippen molar-refractivity contribution in [2.24, 2.45) is 5.92 Å². The Morgan fingerprint density at radius 3 is 2.30 bits per heavy atom. The number of carboxylic acid groups (broad SMARTS) is 1. The number of nitrogens with zero attached hydrogens (tertiary/aromatic N) is 1. The third-order valence-corrected chi connectivity index (χ3v) is 3.97. The van der Waals surface area contributed by atoms with Gasteiger partial charge in [0.05, 0.1) is 0 Å². The molecule has 0 aliphatic rings. The minimum absolute atomic E-state index is 0.135. The molecule has 27 heavy (non-hydrogen) atoms. The van der Waals surface area contributed by atoms with Crippen LogP contribution in [-0.2, 0) is 4.79 Å². The summed E-state index contributed by atoms with van der Waals surface area (Å²) in [6, 6.07) is 13.8. The highest BCUT2D eigenvalue weighted by Gasteiger charge is 2.20. The zero-order valence-electron chi connectivity index (χ0n) is 15.7. The maximum atomic E-state index is 12.8. The van der Waals surface area contributed by atoms with Gasteiger partial charge in [0.2, 0.25) is 0 Å². The van der Waals surface area contributed by atoms with Crippen LogP contribution in [0.15, 0.2) is 48.5 Å². The lowest BCUT2D eigenvalue weighted by Gasteiger charge is -2.23. The van der Waals surface area contributed by atoms with E-state index in [0.29, 0.717) is 23.4 Å². The fourth-order valence-corrected chi connectivity index (χ4v) is 2.68. The fraction of sp³-hybridized carbons (Fsp3) is 0.286. The van der Waals surface area contributed by atoms with Crippen LogP contribution in [-0.4, -0.2) is 40.9 Å². The summed E-state index contributed by atoms with van der Waals surface area (Å²) in [5, 5.41) is 11.9. The molecule has 0 saturated carbocycles. The number of anilines is 1. The van der Waals surface area contributed by atoms with E-state index in [1.807, 2.05) is 26.8 Å². The summed E-state index contributed by atoms with van der Waals surface area (Å²) in [5.74, 6) is -1.57. The van der Waals surface area contributed by atoms with Gasteiger partial charge in [-0.2, -0.15) is 0 Å². The molecule has 2 amide bonds. The molecule has 0 spiro atoms. The SMILES string of the molecule is Cc1ccc(C(=O)N(CC(=O)O)CC(C)C)cc1NC(=O)c1ccccc1. The van der Waals surface area contributed by atoms with E-state index >= 15 is 0 Å². The van der Waals surface area contributed by atoms with Crippen molar-refractivity contribution in [2.45, 2.75) is 20.8 Å². The Labute approximate surface area is 158 Å². The number of benzene rings is 2. The number of rotatable bonds is 7. The first kappa shape index (κ1) is 20.2. The van der Waals surface area contributed by atoms with Gasteiger partial charge in [0, 0.05) is 23.4 Å². The Morgan fingerprint density at radius 1 is 1.04 bits per heavy atom. The molecule has 0 aromatic heterocycles. The predicted molar refractivity (Wildman–Crippen MR) is 104 cm³/mol. The average molecular weight is 368 g/mol. The van der Waals surface area contributed by atoms with E-state index < -0.39 is 5.97 Å². The van der Waals surface area contributed by atoms with Crippen molar-refractivity contribution in [3.63, 3.8) is 0 Å². The summed E-state index contributed by atoms with van der Waals surface area (Å²) >= 11 is 0. The third-order valence-electron chi connectivity index (χ3n) is 3.97. The summed E-state index contributed by atoms with van der Waals surface area (Å²) in [6.07, 6.45) is 0. The van der Waals surface area contributed by atoms with E-state index in [2.05, 4.69) is 5.32 Å². The topological polar surface area (TPSA) is 86.7 Å². The summed E-state index contributed by atoms with van der Waals surface area (Å²) in [4.78, 5) is 37.6. The summed E-state index contributed by atoms with van der Waals surface area (Å²) in [6.45, 7) is 5.64. The number of aliphatic carboxylic acids is 1. The Hall–Kier alpha value is -3.15. The smallest absolute Gasteiger partial charge is 0.323 e. The molecule has 6 heteroatoms. The van der Waals surface area contributed by atoms with Crippen LogP contribution in [0, 0.1) is 12.8 Å². The number of carboxylic acids is 1. The van der Waals surface area contributed by atoms with E-state index in [9.17, 15) is 14.4 Å². The molecular weight excluding hydrogens is 344 g/mol. The van der Waals surface area contributed by atoms with Crippen molar-refractivity contribution in [3.05, 3.63) is 65.2 Å². The number of amides is 2. The lowest BCUT2D eigenvalue weighted by Crippen LogP contribution is -2.38. The second-order valence-corrected chi connectivity index (χ2v) is 6.82. The van der Waals surface area contributed by atoms with Crippen molar-refractivity contribution in [1.29, 1.82) is 0 Å². The lowest BCUT2D eigenvalue weighted by molar-refractivity contribution is -0.137. The number of hydrogen-bond acceptors (Lipinski definition) is 3. The van der Waals surface area contributed by atoms with E-state index in [-0.39, 0.29) is 24.3 Å². The molecule has 2 aromatic carbocycles. The second-order valence-electron chi connectivity index (χ2n) is 6.82. The minimum Gasteiger partial charge on any atom is -0.480 e. The maximum absolute atomic E-state index is 12.8. The van der Waals surface area contributed by atoms with Gasteiger partial charge in [-0.25, -0.2) is 0 Å². The fourth-order valence-electron chi connectivity index (χ4n) is 2.68. The Balaban J connectivity index is 2.25. The number of carbonyl (C=O) groups excluding carboxylic acids is 2. The molecule has 2 N–H and O–H groups in total. The van der Waals surface area contributed by atoms with Crippen LogP contribution in [0.5, 0.6) is 0 Å². The van der Waals surface area contributed by atoms with Crippen LogP contribution >= 0.6 is 0 Å². The average Bonchev–Trinajstić information content (AvgIpc) is 2.62. The van der Waals surface area contributed by atoms with Gasteiger partial charge in [-0.3, -0.25) is 14.4 Å². The predicted octanol–water partition coefficient (Wildman–Crippen LogP) is 3.43. The van der Waals surface area contributed by atoms with E-state index in [1.165, 1.54) is 4.90 Å². The van der Waals surface area contributed by atoms with Crippen molar-refractivity contribution in [1.82, 2.24) is 4.90 Å². The summed E-state index contributed by atoms with van der Waals surface area (Å²) in [7, 11) is 0. The summed E-state index contributed by atoms with van der Waals surface area (Å²) in [5.41, 5.74) is 2.19. The molecule has 142 valence electrons. The van der Waals surface area contributed by atoms with E-state index in [1.54, 1.807) is 42.5 Å². The molecule has 0 bridgehead atoms. The van der Waals surface area contributed by atoms with Crippen LogP contribution in [0.3, 0.4) is 0 Å². The monoisotopic (exact) mass is 368 g/mol. The van der Waals surface area contributed by atoms with E-state index in [4.69, 9.17) is 5.11 Å². The molecule has 2 aromatic rings. The molecule has 0 heterocycles. The first-order valence-corrected chi connectivity index (χ1v) is 8.76. The van der Waals surface area contributed by atoms with E-state index in [0.717, 1.165) is 5.56 Å². The van der Waals surface area contributed by atoms with Crippen LogP contribution in [0.2, 0.25) is 0 Å². The van der Waals surface area contributed by atoms with Crippen LogP contribution in [0.25, 0.3) is 0 Å². The Morgan fingerprint density at radius 2 is 1.70 bits per heavy atom.